The Balaban J connectivity index is 1.69. The SMILES string of the molecule is CC(C)N(C)C(=O)C1CCN(C(=O)CNCC2CC2)CC1. The van der Waals surface area contributed by atoms with E-state index in [4.69, 9.17) is 0 Å². The van der Waals surface area contributed by atoms with Gasteiger partial charge in [0, 0.05) is 32.1 Å². The van der Waals surface area contributed by atoms with Crippen molar-refractivity contribution < 1.29 is 9.59 Å². The number of hydrogen-bond acceptors (Lipinski definition) is 3. The Morgan fingerprint density at radius 2 is 1.81 bits per heavy atom. The van der Waals surface area contributed by atoms with Crippen molar-refractivity contribution in [3.63, 3.8) is 0 Å². The second kappa shape index (κ2) is 7.25. The molecule has 5 nitrogen and oxygen atoms in total. The van der Waals surface area contributed by atoms with Crippen molar-refractivity contribution in [3.05, 3.63) is 0 Å². The number of nitrogens with one attached hydrogen (secondary N) is 1. The molecule has 1 saturated heterocycles. The minimum absolute atomic E-state index is 0.0841. The molecule has 21 heavy (non-hydrogen) atoms. The lowest BCUT2D eigenvalue weighted by Gasteiger charge is -2.34. The molecule has 0 aromatic heterocycles. The molecule has 0 aromatic rings. The maximum atomic E-state index is 12.3. The molecule has 2 fully saturated rings. The van der Waals surface area contributed by atoms with Crippen LogP contribution in [-0.2, 0) is 9.59 Å². The Morgan fingerprint density at radius 1 is 1.19 bits per heavy atom. The molecule has 1 saturated carbocycles. The van der Waals surface area contributed by atoms with E-state index < -0.39 is 0 Å². The lowest BCUT2D eigenvalue weighted by Crippen LogP contribution is -2.47. The Labute approximate surface area is 128 Å². The maximum Gasteiger partial charge on any atom is 0.236 e. The van der Waals surface area contributed by atoms with Gasteiger partial charge in [-0.2, -0.15) is 0 Å². The molecule has 2 amide bonds. The summed E-state index contributed by atoms with van der Waals surface area (Å²) in [6.07, 6.45) is 4.20. The topological polar surface area (TPSA) is 52.7 Å². The molecule has 2 aliphatic rings. The van der Waals surface area contributed by atoms with E-state index in [1.807, 2.05) is 30.7 Å². The lowest BCUT2D eigenvalue weighted by atomic mass is 9.95. The van der Waals surface area contributed by atoms with Crippen molar-refractivity contribution in [3.8, 4) is 0 Å². The van der Waals surface area contributed by atoms with E-state index in [2.05, 4.69) is 5.32 Å². The number of piperidine rings is 1. The summed E-state index contributed by atoms with van der Waals surface area (Å²) in [5.41, 5.74) is 0. The van der Waals surface area contributed by atoms with Gasteiger partial charge in [0.25, 0.3) is 0 Å². The molecule has 0 atom stereocenters. The van der Waals surface area contributed by atoms with Crippen molar-refractivity contribution >= 4 is 11.8 Å². The van der Waals surface area contributed by atoms with Crippen molar-refractivity contribution in [2.24, 2.45) is 11.8 Å². The van der Waals surface area contributed by atoms with E-state index >= 15 is 0 Å². The summed E-state index contributed by atoms with van der Waals surface area (Å²) in [7, 11) is 1.87. The largest absolute Gasteiger partial charge is 0.343 e. The minimum atomic E-state index is 0.0841. The molecule has 2 rings (SSSR count). The summed E-state index contributed by atoms with van der Waals surface area (Å²) in [6.45, 7) is 6.91. The quantitative estimate of drug-likeness (QED) is 0.798. The number of nitrogens with zero attached hydrogens (tertiary/aromatic N) is 2. The van der Waals surface area contributed by atoms with E-state index in [0.717, 1.165) is 25.3 Å². The van der Waals surface area contributed by atoms with Crippen molar-refractivity contribution in [1.29, 1.82) is 0 Å². The van der Waals surface area contributed by atoms with Crippen LogP contribution in [0.4, 0.5) is 0 Å². The molecule has 1 N–H and O–H groups in total. The summed E-state index contributed by atoms with van der Waals surface area (Å²) >= 11 is 0. The number of likely N-dealkylation sites (tertiary alicyclic amines) is 1. The average molecular weight is 295 g/mol. The van der Waals surface area contributed by atoms with Crippen LogP contribution in [-0.4, -0.2) is 60.9 Å². The van der Waals surface area contributed by atoms with Crippen LogP contribution in [0.1, 0.15) is 39.5 Å². The highest BCUT2D eigenvalue weighted by Gasteiger charge is 2.29. The molecule has 1 aliphatic heterocycles. The Hall–Kier alpha value is -1.10. The first kappa shape index (κ1) is 16.3. The first-order valence-corrected chi connectivity index (χ1v) is 8.24. The van der Waals surface area contributed by atoms with Gasteiger partial charge in [0.05, 0.1) is 6.54 Å². The zero-order valence-electron chi connectivity index (χ0n) is 13.6. The van der Waals surface area contributed by atoms with E-state index in [1.165, 1.54) is 12.8 Å². The van der Waals surface area contributed by atoms with Gasteiger partial charge in [-0.25, -0.2) is 0 Å². The fraction of sp³-hybridized carbons (Fsp3) is 0.875. The van der Waals surface area contributed by atoms with Crippen LogP contribution >= 0.6 is 0 Å². The van der Waals surface area contributed by atoms with E-state index in [-0.39, 0.29) is 23.8 Å². The molecule has 120 valence electrons. The second-order valence-electron chi connectivity index (χ2n) is 6.77. The smallest absolute Gasteiger partial charge is 0.236 e. The van der Waals surface area contributed by atoms with E-state index in [1.54, 1.807) is 0 Å². The van der Waals surface area contributed by atoms with Crippen LogP contribution in [0.15, 0.2) is 0 Å². The maximum absolute atomic E-state index is 12.3. The number of carbonyl (C=O) groups excluding carboxylic acids is 2. The van der Waals surface area contributed by atoms with Gasteiger partial charge in [-0.3, -0.25) is 9.59 Å². The molecular formula is C16H29N3O2. The Bertz CT molecular complexity index is 372. The summed E-state index contributed by atoms with van der Waals surface area (Å²) < 4.78 is 0. The Morgan fingerprint density at radius 3 is 2.33 bits per heavy atom. The third kappa shape index (κ3) is 4.70. The first-order valence-electron chi connectivity index (χ1n) is 8.24. The van der Waals surface area contributed by atoms with Crippen molar-refractivity contribution in [1.82, 2.24) is 15.1 Å². The summed E-state index contributed by atoms with van der Waals surface area (Å²) in [5.74, 6) is 1.29. The molecule has 0 aromatic carbocycles. The van der Waals surface area contributed by atoms with Gasteiger partial charge >= 0.3 is 0 Å². The molecule has 0 spiro atoms. The zero-order chi connectivity index (χ0) is 15.4. The van der Waals surface area contributed by atoms with Crippen LogP contribution in [0.3, 0.4) is 0 Å². The number of rotatable bonds is 6. The first-order chi connectivity index (χ1) is 9.99. The normalized spacial score (nSPS) is 19.9. The van der Waals surface area contributed by atoms with Crippen molar-refractivity contribution in [2.45, 2.75) is 45.6 Å². The highest BCUT2D eigenvalue weighted by atomic mass is 16.2. The minimum Gasteiger partial charge on any atom is -0.343 e. The average Bonchev–Trinajstić information content (AvgIpc) is 3.30. The summed E-state index contributed by atoms with van der Waals surface area (Å²) in [6, 6.07) is 0.240. The fourth-order valence-corrected chi connectivity index (χ4v) is 2.74. The third-order valence-corrected chi connectivity index (χ3v) is 4.73. The number of carbonyl (C=O) groups is 2. The standard InChI is InChI=1S/C16H29N3O2/c1-12(2)18(3)16(21)14-6-8-19(9-7-14)15(20)11-17-10-13-4-5-13/h12-14,17H,4-11H2,1-3H3. The molecule has 0 radical (unpaired) electrons. The van der Waals surface area contributed by atoms with Gasteiger partial charge in [0.1, 0.15) is 0 Å². The predicted octanol–water partition coefficient (Wildman–Crippen LogP) is 1.09. The number of amides is 2. The van der Waals surface area contributed by atoms with Crippen LogP contribution < -0.4 is 5.32 Å². The molecule has 1 aliphatic carbocycles. The fourth-order valence-electron chi connectivity index (χ4n) is 2.74. The summed E-state index contributed by atoms with van der Waals surface area (Å²) in [4.78, 5) is 28.1. The monoisotopic (exact) mass is 295 g/mol. The van der Waals surface area contributed by atoms with Crippen LogP contribution in [0.5, 0.6) is 0 Å². The molecule has 0 bridgehead atoms. The van der Waals surface area contributed by atoms with Gasteiger partial charge in [-0.15, -0.1) is 0 Å². The van der Waals surface area contributed by atoms with Gasteiger partial charge in [-0.05, 0) is 52.0 Å². The molecule has 1 heterocycles. The van der Waals surface area contributed by atoms with E-state index in [9.17, 15) is 9.59 Å². The van der Waals surface area contributed by atoms with Gasteiger partial charge in [0.2, 0.25) is 11.8 Å². The molecule has 5 heteroatoms. The van der Waals surface area contributed by atoms with Crippen molar-refractivity contribution in [2.75, 3.05) is 33.2 Å². The third-order valence-electron chi connectivity index (χ3n) is 4.73. The molecular weight excluding hydrogens is 266 g/mol. The van der Waals surface area contributed by atoms with Gasteiger partial charge < -0.3 is 15.1 Å². The lowest BCUT2D eigenvalue weighted by molar-refractivity contribution is -0.140. The van der Waals surface area contributed by atoms with Crippen LogP contribution in [0.25, 0.3) is 0 Å². The predicted molar refractivity (Wildman–Crippen MR) is 82.8 cm³/mol. The zero-order valence-corrected chi connectivity index (χ0v) is 13.6. The number of hydrogen-bond donors (Lipinski definition) is 1. The van der Waals surface area contributed by atoms with Gasteiger partial charge in [-0.1, -0.05) is 0 Å². The van der Waals surface area contributed by atoms with E-state index in [0.29, 0.717) is 19.6 Å². The van der Waals surface area contributed by atoms with Gasteiger partial charge in [0.15, 0.2) is 0 Å². The molecule has 0 unspecified atom stereocenters. The van der Waals surface area contributed by atoms with Crippen LogP contribution in [0, 0.1) is 11.8 Å². The Kier molecular flexibility index (Phi) is 5.62. The second-order valence-corrected chi connectivity index (χ2v) is 6.77. The highest BCUT2D eigenvalue weighted by molar-refractivity contribution is 5.81. The highest BCUT2D eigenvalue weighted by Crippen LogP contribution is 2.27. The van der Waals surface area contributed by atoms with Crippen LogP contribution in [0.2, 0.25) is 0 Å². The summed E-state index contributed by atoms with van der Waals surface area (Å²) in [5, 5.41) is 3.25.